The van der Waals surface area contributed by atoms with Gasteiger partial charge in [-0.2, -0.15) is 13.8 Å². The van der Waals surface area contributed by atoms with Gasteiger partial charge in [0.25, 0.3) is 0 Å². The Kier molecular flexibility index (Phi) is 1.80. The molecule has 10 heavy (non-hydrogen) atoms. The molecule has 1 rings (SSSR count). The molecule has 0 saturated heterocycles. The first-order chi connectivity index (χ1) is 4.72. The summed E-state index contributed by atoms with van der Waals surface area (Å²) in [6.45, 7) is 0. The van der Waals surface area contributed by atoms with E-state index >= 15 is 0 Å². The first kappa shape index (κ1) is 6.92. The van der Waals surface area contributed by atoms with E-state index in [0.717, 1.165) is 12.1 Å². The van der Waals surface area contributed by atoms with Crippen LogP contribution < -0.4 is 5.32 Å². The minimum Gasteiger partial charge on any atom is -0.388 e. The Hall–Kier alpha value is -1.19. The second-order valence-electron chi connectivity index (χ2n) is 1.75. The van der Waals surface area contributed by atoms with E-state index in [1.807, 2.05) is 0 Å². The number of rotatable bonds is 1. The second kappa shape index (κ2) is 2.60. The number of hydrogen-bond donors (Lipinski definition) is 1. The monoisotopic (exact) mass is 144 g/mol. The number of nitrogens with zero attached hydrogens (tertiary/aromatic N) is 1. The Morgan fingerprint density at radius 1 is 1.30 bits per heavy atom. The van der Waals surface area contributed by atoms with Gasteiger partial charge in [-0.25, -0.2) is 0 Å². The van der Waals surface area contributed by atoms with E-state index in [4.69, 9.17) is 0 Å². The third-order valence-corrected chi connectivity index (χ3v) is 1.05. The van der Waals surface area contributed by atoms with E-state index in [2.05, 4.69) is 10.3 Å². The maximum atomic E-state index is 12.2. The molecule has 4 heteroatoms. The van der Waals surface area contributed by atoms with Crippen LogP contribution in [-0.2, 0) is 0 Å². The Balaban J connectivity index is 3.06. The average molecular weight is 144 g/mol. The molecule has 1 heterocycles. The van der Waals surface area contributed by atoms with Crippen molar-refractivity contribution in [2.45, 2.75) is 0 Å². The van der Waals surface area contributed by atoms with E-state index in [1.165, 1.54) is 0 Å². The fourth-order valence-corrected chi connectivity index (χ4v) is 0.609. The summed E-state index contributed by atoms with van der Waals surface area (Å²) in [5.41, 5.74) is 0.380. The maximum Gasteiger partial charge on any atom is 0.217 e. The van der Waals surface area contributed by atoms with Gasteiger partial charge < -0.3 is 5.32 Å². The van der Waals surface area contributed by atoms with Crippen LogP contribution in [-0.4, -0.2) is 12.0 Å². The maximum absolute atomic E-state index is 12.2. The van der Waals surface area contributed by atoms with Gasteiger partial charge in [-0.05, 0) is 0 Å². The highest BCUT2D eigenvalue weighted by Gasteiger charge is 1.98. The summed E-state index contributed by atoms with van der Waals surface area (Å²) in [7, 11) is 1.58. The molecule has 0 aliphatic carbocycles. The molecule has 0 radical (unpaired) electrons. The summed E-state index contributed by atoms with van der Waals surface area (Å²) in [5, 5.41) is 2.59. The molecule has 1 aromatic rings. The number of aromatic nitrogens is 1. The summed E-state index contributed by atoms with van der Waals surface area (Å²) in [5.74, 6) is -1.63. The van der Waals surface area contributed by atoms with E-state index in [9.17, 15) is 8.78 Å². The zero-order valence-electron chi connectivity index (χ0n) is 5.36. The molecule has 0 aliphatic heterocycles. The van der Waals surface area contributed by atoms with Crippen LogP contribution in [0, 0.1) is 11.9 Å². The standard InChI is InChI=1S/C6H6F2N2/c1-9-4-2-5(7)10-6(8)3-4/h2-3H,1H3,(H,9,10). The van der Waals surface area contributed by atoms with Crippen molar-refractivity contribution >= 4 is 5.69 Å². The molecule has 0 saturated carbocycles. The lowest BCUT2D eigenvalue weighted by molar-refractivity contribution is 0.513. The molecule has 0 fully saturated rings. The summed E-state index contributed by atoms with van der Waals surface area (Å²) in [6.07, 6.45) is 0. The Morgan fingerprint density at radius 3 is 2.20 bits per heavy atom. The highest BCUT2D eigenvalue weighted by Crippen LogP contribution is 2.07. The van der Waals surface area contributed by atoms with Crippen LogP contribution in [0.3, 0.4) is 0 Å². The molecule has 2 nitrogen and oxygen atoms in total. The topological polar surface area (TPSA) is 24.9 Å². The van der Waals surface area contributed by atoms with Gasteiger partial charge in [-0.1, -0.05) is 0 Å². The molecule has 0 bridgehead atoms. The summed E-state index contributed by atoms with van der Waals surface area (Å²) >= 11 is 0. The Bertz CT molecular complexity index is 217. The predicted molar refractivity (Wildman–Crippen MR) is 33.7 cm³/mol. The first-order valence-electron chi connectivity index (χ1n) is 2.73. The average Bonchev–Trinajstić information content (AvgIpc) is 1.85. The third kappa shape index (κ3) is 1.40. The van der Waals surface area contributed by atoms with Crippen molar-refractivity contribution in [3.63, 3.8) is 0 Å². The van der Waals surface area contributed by atoms with Crippen molar-refractivity contribution in [3.05, 3.63) is 24.0 Å². The van der Waals surface area contributed by atoms with Crippen LogP contribution in [0.25, 0.3) is 0 Å². The second-order valence-corrected chi connectivity index (χ2v) is 1.75. The van der Waals surface area contributed by atoms with E-state index in [0.29, 0.717) is 5.69 Å². The van der Waals surface area contributed by atoms with Crippen LogP contribution in [0.5, 0.6) is 0 Å². The van der Waals surface area contributed by atoms with Gasteiger partial charge in [-0.15, -0.1) is 0 Å². The molecule has 0 amide bonds. The number of pyridine rings is 1. The van der Waals surface area contributed by atoms with Crippen molar-refractivity contribution in [1.82, 2.24) is 4.98 Å². The van der Waals surface area contributed by atoms with Gasteiger partial charge in [0, 0.05) is 24.9 Å². The molecule has 0 unspecified atom stereocenters. The predicted octanol–water partition coefficient (Wildman–Crippen LogP) is 1.40. The fourth-order valence-electron chi connectivity index (χ4n) is 0.609. The third-order valence-electron chi connectivity index (χ3n) is 1.05. The van der Waals surface area contributed by atoms with Gasteiger partial charge >= 0.3 is 0 Å². The van der Waals surface area contributed by atoms with Crippen LogP contribution >= 0.6 is 0 Å². The highest BCUT2D eigenvalue weighted by molar-refractivity contribution is 5.40. The van der Waals surface area contributed by atoms with Crippen LogP contribution in [0.15, 0.2) is 12.1 Å². The van der Waals surface area contributed by atoms with Gasteiger partial charge in [0.1, 0.15) is 0 Å². The molecular formula is C6H6F2N2. The van der Waals surface area contributed by atoms with Crippen LogP contribution in [0.4, 0.5) is 14.5 Å². The lowest BCUT2D eigenvalue weighted by Gasteiger charge is -1.97. The quantitative estimate of drug-likeness (QED) is 0.602. The largest absolute Gasteiger partial charge is 0.388 e. The number of halogens is 2. The van der Waals surface area contributed by atoms with Crippen molar-refractivity contribution in [2.75, 3.05) is 12.4 Å². The summed E-state index contributed by atoms with van der Waals surface area (Å²) < 4.78 is 24.4. The number of nitrogens with one attached hydrogen (secondary N) is 1. The van der Waals surface area contributed by atoms with Crippen molar-refractivity contribution < 1.29 is 8.78 Å². The van der Waals surface area contributed by atoms with Crippen molar-refractivity contribution in [1.29, 1.82) is 0 Å². The smallest absolute Gasteiger partial charge is 0.217 e. The van der Waals surface area contributed by atoms with Crippen LogP contribution in [0.2, 0.25) is 0 Å². The SMILES string of the molecule is CNc1cc(F)nc(F)c1. The lowest BCUT2D eigenvalue weighted by Crippen LogP contribution is -1.93. The zero-order chi connectivity index (χ0) is 7.56. The van der Waals surface area contributed by atoms with Gasteiger partial charge in [0.2, 0.25) is 11.9 Å². The molecule has 0 aromatic carbocycles. The Labute approximate surface area is 56.9 Å². The number of anilines is 1. The van der Waals surface area contributed by atoms with Gasteiger partial charge in [0.05, 0.1) is 0 Å². The Morgan fingerprint density at radius 2 is 1.80 bits per heavy atom. The fraction of sp³-hybridized carbons (Fsp3) is 0.167. The van der Waals surface area contributed by atoms with Crippen molar-refractivity contribution in [2.24, 2.45) is 0 Å². The molecule has 1 aromatic heterocycles. The zero-order valence-corrected chi connectivity index (χ0v) is 5.36. The molecule has 0 atom stereocenters. The highest BCUT2D eigenvalue weighted by atomic mass is 19.1. The van der Waals surface area contributed by atoms with E-state index in [-0.39, 0.29) is 0 Å². The van der Waals surface area contributed by atoms with Gasteiger partial charge in [0.15, 0.2) is 0 Å². The molecule has 0 aliphatic rings. The molecule has 54 valence electrons. The minimum absolute atomic E-state index is 0.380. The lowest BCUT2D eigenvalue weighted by atomic mass is 10.4. The van der Waals surface area contributed by atoms with E-state index < -0.39 is 11.9 Å². The molecule has 1 N–H and O–H groups in total. The minimum atomic E-state index is -0.815. The van der Waals surface area contributed by atoms with Gasteiger partial charge in [-0.3, -0.25) is 0 Å². The first-order valence-corrected chi connectivity index (χ1v) is 2.73. The summed E-state index contributed by atoms with van der Waals surface area (Å²) in [4.78, 5) is 2.91. The normalized spacial score (nSPS) is 9.50. The van der Waals surface area contributed by atoms with Crippen molar-refractivity contribution in [3.8, 4) is 0 Å². The summed E-state index contributed by atoms with van der Waals surface area (Å²) in [6, 6.07) is 2.23. The number of hydrogen-bond acceptors (Lipinski definition) is 2. The van der Waals surface area contributed by atoms with Crippen LogP contribution in [0.1, 0.15) is 0 Å². The van der Waals surface area contributed by atoms with E-state index in [1.54, 1.807) is 7.05 Å². The molecular weight excluding hydrogens is 138 g/mol. The molecule has 0 spiro atoms.